The number of aromatic nitrogens is 3. The third-order valence-corrected chi connectivity index (χ3v) is 6.76. The monoisotopic (exact) mass is 485 g/mol. The Kier molecular flexibility index (Phi) is 7.23. The topological polar surface area (TPSA) is 100 Å². The smallest absolute Gasteiger partial charge is 0.337 e. The molecule has 0 aliphatic carbocycles. The van der Waals surface area contributed by atoms with E-state index in [0.717, 1.165) is 53.5 Å². The number of hydrogen-bond donors (Lipinski definition) is 2. The number of nitrogens with zero attached hydrogens (tertiary/aromatic N) is 3. The maximum atomic E-state index is 12.0. The fourth-order valence-electron chi connectivity index (χ4n) is 4.95. The third-order valence-electron chi connectivity index (χ3n) is 6.76. The minimum absolute atomic E-state index is 0.381. The van der Waals surface area contributed by atoms with Gasteiger partial charge in [-0.3, -0.25) is 4.79 Å². The summed E-state index contributed by atoms with van der Waals surface area (Å²) in [5.41, 5.74) is 3.59. The molecule has 0 radical (unpaired) electrons. The fourth-order valence-corrected chi connectivity index (χ4v) is 4.95. The zero-order valence-corrected chi connectivity index (χ0v) is 20.5. The van der Waals surface area contributed by atoms with E-state index in [4.69, 9.17) is 14.7 Å². The first-order valence-electron chi connectivity index (χ1n) is 12.6. The van der Waals surface area contributed by atoms with Crippen molar-refractivity contribution < 1.29 is 14.3 Å². The minimum Gasteiger partial charge on any atom is -0.465 e. The molecule has 0 spiro atoms. The zero-order chi connectivity index (χ0) is 24.9. The van der Waals surface area contributed by atoms with Crippen molar-refractivity contribution in [3.8, 4) is 0 Å². The van der Waals surface area contributed by atoms with Crippen LogP contribution in [-0.4, -0.2) is 65.4 Å². The number of benzene rings is 2. The molecule has 8 nitrogen and oxygen atoms in total. The van der Waals surface area contributed by atoms with Gasteiger partial charge in [-0.15, -0.1) is 0 Å². The summed E-state index contributed by atoms with van der Waals surface area (Å²) in [6.45, 7) is 4.25. The molecule has 1 aliphatic heterocycles. The molecule has 5 rings (SSSR count). The van der Waals surface area contributed by atoms with Crippen molar-refractivity contribution >= 4 is 40.0 Å². The zero-order valence-electron chi connectivity index (χ0n) is 20.5. The molecule has 0 atom stereocenters. The molecule has 1 fully saturated rings. The van der Waals surface area contributed by atoms with E-state index >= 15 is 0 Å². The first-order valence-corrected chi connectivity index (χ1v) is 12.6. The highest BCUT2D eigenvalue weighted by Gasteiger charge is 2.17. The third kappa shape index (κ3) is 5.23. The lowest BCUT2D eigenvalue weighted by atomic mass is 10.1. The van der Waals surface area contributed by atoms with Gasteiger partial charge in [0.1, 0.15) is 23.6 Å². The standard InChI is InChI=1S/C28H31N5O3/c1-36-28(35)21-9-10-22-23(17-21)30-27-25(22)26(29-11-6-14-33-12-3-2-4-13-33)31-24(32-27)16-19-7-5-8-20(15-19)18-34/h5,7-10,15,17-18H,2-4,6,11-14,16H2,1H3,(H2,29,30,31,32). The van der Waals surface area contributed by atoms with Gasteiger partial charge in [0.25, 0.3) is 0 Å². The van der Waals surface area contributed by atoms with Gasteiger partial charge >= 0.3 is 5.97 Å². The molecule has 0 bridgehead atoms. The molecule has 0 unspecified atom stereocenters. The molecule has 8 heteroatoms. The normalized spacial score (nSPS) is 14.2. The molecular formula is C28H31N5O3. The maximum Gasteiger partial charge on any atom is 0.337 e. The number of fused-ring (bicyclic) bond motifs is 3. The van der Waals surface area contributed by atoms with Crippen LogP contribution in [0, 0.1) is 0 Å². The van der Waals surface area contributed by atoms with Crippen LogP contribution in [0.4, 0.5) is 5.82 Å². The number of nitrogens with one attached hydrogen (secondary N) is 2. The highest BCUT2D eigenvalue weighted by molar-refractivity contribution is 6.12. The molecule has 2 N–H and O–H groups in total. The number of likely N-dealkylation sites (tertiary alicyclic amines) is 1. The van der Waals surface area contributed by atoms with E-state index in [1.807, 2.05) is 24.3 Å². The average Bonchev–Trinajstić information content (AvgIpc) is 3.29. The first-order chi connectivity index (χ1) is 17.6. The van der Waals surface area contributed by atoms with Crippen LogP contribution >= 0.6 is 0 Å². The van der Waals surface area contributed by atoms with Gasteiger partial charge in [-0.25, -0.2) is 14.8 Å². The maximum absolute atomic E-state index is 12.0. The van der Waals surface area contributed by atoms with Crippen LogP contribution in [0.2, 0.25) is 0 Å². The van der Waals surface area contributed by atoms with Crippen molar-refractivity contribution in [3.05, 3.63) is 65.0 Å². The molecular weight excluding hydrogens is 454 g/mol. The summed E-state index contributed by atoms with van der Waals surface area (Å²) < 4.78 is 4.88. The summed E-state index contributed by atoms with van der Waals surface area (Å²) in [4.78, 5) is 38.9. The van der Waals surface area contributed by atoms with Crippen LogP contribution in [0.15, 0.2) is 42.5 Å². The Labute approximate surface area is 210 Å². The lowest BCUT2D eigenvalue weighted by Gasteiger charge is -2.26. The van der Waals surface area contributed by atoms with E-state index in [2.05, 4.69) is 15.2 Å². The lowest BCUT2D eigenvalue weighted by Crippen LogP contribution is -2.31. The van der Waals surface area contributed by atoms with E-state index in [0.29, 0.717) is 29.0 Å². The van der Waals surface area contributed by atoms with Crippen LogP contribution in [0.25, 0.3) is 21.9 Å². The van der Waals surface area contributed by atoms with Gasteiger partial charge in [-0.05, 0) is 62.7 Å². The number of H-pyrrole nitrogens is 1. The Morgan fingerprint density at radius 3 is 2.81 bits per heavy atom. The summed E-state index contributed by atoms with van der Waals surface area (Å²) in [7, 11) is 1.38. The van der Waals surface area contributed by atoms with E-state index < -0.39 is 0 Å². The molecule has 2 aromatic carbocycles. The number of piperidine rings is 1. The predicted molar refractivity (Wildman–Crippen MR) is 141 cm³/mol. The second-order valence-electron chi connectivity index (χ2n) is 9.31. The summed E-state index contributed by atoms with van der Waals surface area (Å²) in [6, 6.07) is 13.0. The molecule has 0 saturated carbocycles. The van der Waals surface area contributed by atoms with Crippen molar-refractivity contribution in [2.24, 2.45) is 0 Å². The number of methoxy groups -OCH3 is 1. The van der Waals surface area contributed by atoms with E-state index in [9.17, 15) is 9.59 Å². The largest absolute Gasteiger partial charge is 0.465 e. The number of aldehydes is 1. The predicted octanol–water partition coefficient (Wildman–Crippen LogP) is 4.59. The van der Waals surface area contributed by atoms with Gasteiger partial charge in [0.15, 0.2) is 0 Å². The number of aromatic amines is 1. The molecule has 36 heavy (non-hydrogen) atoms. The van der Waals surface area contributed by atoms with Gasteiger partial charge < -0.3 is 19.9 Å². The van der Waals surface area contributed by atoms with Crippen LogP contribution < -0.4 is 5.32 Å². The van der Waals surface area contributed by atoms with Gasteiger partial charge in [-0.1, -0.05) is 30.7 Å². The molecule has 1 saturated heterocycles. The second kappa shape index (κ2) is 10.9. The summed E-state index contributed by atoms with van der Waals surface area (Å²) >= 11 is 0. The molecule has 2 aromatic heterocycles. The van der Waals surface area contributed by atoms with E-state index in [1.165, 1.54) is 39.5 Å². The quantitative estimate of drug-likeness (QED) is 0.203. The number of ether oxygens (including phenoxy) is 1. The van der Waals surface area contributed by atoms with Crippen LogP contribution in [0.3, 0.4) is 0 Å². The molecule has 0 amide bonds. The van der Waals surface area contributed by atoms with Crippen LogP contribution in [-0.2, 0) is 11.2 Å². The average molecular weight is 486 g/mol. The minimum atomic E-state index is -0.381. The van der Waals surface area contributed by atoms with Gasteiger partial charge in [0.05, 0.1) is 18.1 Å². The number of carbonyl (C=O) groups is 2. The summed E-state index contributed by atoms with van der Waals surface area (Å²) in [5, 5.41) is 5.41. The second-order valence-corrected chi connectivity index (χ2v) is 9.31. The van der Waals surface area contributed by atoms with Gasteiger partial charge in [0, 0.05) is 29.4 Å². The summed E-state index contributed by atoms with van der Waals surface area (Å²) in [5.74, 6) is 1.05. The number of carbonyl (C=O) groups excluding carboxylic acids is 2. The van der Waals surface area contributed by atoms with Gasteiger partial charge in [-0.2, -0.15) is 0 Å². The van der Waals surface area contributed by atoms with Crippen molar-refractivity contribution in [1.29, 1.82) is 0 Å². The molecule has 4 aromatic rings. The van der Waals surface area contributed by atoms with Crippen molar-refractivity contribution in [1.82, 2.24) is 19.9 Å². The van der Waals surface area contributed by atoms with Crippen molar-refractivity contribution in [2.45, 2.75) is 32.1 Å². The lowest BCUT2D eigenvalue weighted by molar-refractivity contribution is 0.0600. The first kappa shape index (κ1) is 23.9. The Hall–Kier alpha value is -3.78. The molecule has 1 aliphatic rings. The summed E-state index contributed by atoms with van der Waals surface area (Å²) in [6.07, 6.45) is 6.29. The Bertz CT molecular complexity index is 1390. The molecule has 186 valence electrons. The number of hydrogen-bond acceptors (Lipinski definition) is 7. The fraction of sp³-hybridized carbons (Fsp3) is 0.357. The van der Waals surface area contributed by atoms with Crippen LogP contribution in [0.1, 0.15) is 57.8 Å². The Morgan fingerprint density at radius 2 is 2.00 bits per heavy atom. The van der Waals surface area contributed by atoms with Crippen molar-refractivity contribution in [3.63, 3.8) is 0 Å². The van der Waals surface area contributed by atoms with Crippen LogP contribution in [0.5, 0.6) is 0 Å². The number of anilines is 1. The Morgan fingerprint density at radius 1 is 1.14 bits per heavy atom. The highest BCUT2D eigenvalue weighted by Crippen LogP contribution is 2.31. The highest BCUT2D eigenvalue weighted by atomic mass is 16.5. The number of rotatable bonds is 9. The van der Waals surface area contributed by atoms with E-state index in [1.54, 1.807) is 18.2 Å². The number of esters is 1. The van der Waals surface area contributed by atoms with Crippen molar-refractivity contribution in [2.75, 3.05) is 38.6 Å². The molecule has 3 heterocycles. The van der Waals surface area contributed by atoms with Gasteiger partial charge in [0.2, 0.25) is 0 Å². The SMILES string of the molecule is COC(=O)c1ccc2c(c1)[nH]c1nc(Cc3cccc(C=O)c3)nc(NCCCN3CCCCC3)c12. The Balaban J connectivity index is 1.46. The van der Waals surface area contributed by atoms with E-state index in [-0.39, 0.29) is 5.97 Å².